The van der Waals surface area contributed by atoms with Gasteiger partial charge in [-0.2, -0.15) is 0 Å². The molecule has 0 spiro atoms. The lowest BCUT2D eigenvalue weighted by Gasteiger charge is -2.06. The molecule has 0 aliphatic heterocycles. The van der Waals surface area contributed by atoms with Gasteiger partial charge in [-0.1, -0.05) is 41.4 Å². The number of fused-ring (bicyclic) bond motifs is 1. The number of thiazole rings is 1. The van der Waals surface area contributed by atoms with Gasteiger partial charge in [-0.25, -0.2) is 4.98 Å². The van der Waals surface area contributed by atoms with Crippen LogP contribution in [-0.2, 0) is 4.79 Å². The Balaban J connectivity index is 2.02. The van der Waals surface area contributed by atoms with Crippen molar-refractivity contribution in [2.45, 2.75) is 0 Å². The molecule has 0 atom stereocenters. The maximum Gasteiger partial charge on any atom is 0.131 e. The predicted octanol–water partition coefficient (Wildman–Crippen LogP) is 4.58. The van der Waals surface area contributed by atoms with Crippen molar-refractivity contribution < 1.29 is 9.90 Å². The molecule has 0 fully saturated rings. The van der Waals surface area contributed by atoms with Gasteiger partial charge < -0.3 is 9.90 Å². The molecular formula is C17H10Cl2NO2S2-. The number of hydrogen-bond acceptors (Lipinski definition) is 5. The molecule has 0 saturated heterocycles. The Morgan fingerprint density at radius 2 is 2.00 bits per heavy atom. The van der Waals surface area contributed by atoms with Crippen LogP contribution in [0.1, 0.15) is 10.6 Å². The van der Waals surface area contributed by atoms with Crippen LogP contribution >= 0.6 is 46.3 Å². The lowest BCUT2D eigenvalue weighted by atomic mass is 10.2. The molecular weight excluding hydrogens is 385 g/mol. The summed E-state index contributed by atoms with van der Waals surface area (Å²) < 4.78 is 1.04. The van der Waals surface area contributed by atoms with E-state index in [1.54, 1.807) is 12.1 Å². The Hall–Kier alpha value is -1.53. The molecule has 3 rings (SSSR count). The standard InChI is InChI=1S/C17H11Cl2NO2S2/c18-11-6-5-10(7-12(11)19)8-15(23-9-16(21)22)17-20-13-3-1-2-4-14(13)24-17/h1-8H,9H2,(H,21,22)/p-1/b15-8-. The number of benzene rings is 2. The number of thioether (sulfide) groups is 1. The average molecular weight is 395 g/mol. The van der Waals surface area contributed by atoms with E-state index in [0.717, 1.165) is 25.7 Å². The van der Waals surface area contributed by atoms with Gasteiger partial charge in [0.2, 0.25) is 0 Å². The predicted molar refractivity (Wildman–Crippen MR) is 101 cm³/mol. The Bertz CT molecular complexity index is 904. The lowest BCUT2D eigenvalue weighted by Crippen LogP contribution is -2.24. The van der Waals surface area contributed by atoms with Gasteiger partial charge in [0.05, 0.1) is 26.2 Å². The Kier molecular flexibility index (Phi) is 5.46. The van der Waals surface area contributed by atoms with Crippen LogP contribution in [0, 0.1) is 0 Å². The molecule has 1 heterocycles. The first-order valence-electron chi connectivity index (χ1n) is 6.88. The monoisotopic (exact) mass is 394 g/mol. The normalized spacial score (nSPS) is 11.8. The van der Waals surface area contributed by atoms with Gasteiger partial charge in [-0.05, 0) is 35.9 Å². The van der Waals surface area contributed by atoms with Crippen LogP contribution in [0.25, 0.3) is 21.2 Å². The van der Waals surface area contributed by atoms with Crippen LogP contribution in [0.3, 0.4) is 0 Å². The first kappa shape index (κ1) is 17.3. The van der Waals surface area contributed by atoms with Crippen molar-refractivity contribution in [2.75, 3.05) is 5.75 Å². The summed E-state index contributed by atoms with van der Waals surface area (Å²) in [5.41, 5.74) is 1.70. The highest BCUT2D eigenvalue weighted by atomic mass is 35.5. The summed E-state index contributed by atoms with van der Waals surface area (Å²) in [6.45, 7) is 0. The van der Waals surface area contributed by atoms with Crippen LogP contribution in [0.5, 0.6) is 0 Å². The zero-order chi connectivity index (χ0) is 17.1. The molecule has 122 valence electrons. The van der Waals surface area contributed by atoms with Gasteiger partial charge in [-0.15, -0.1) is 23.1 Å². The van der Waals surface area contributed by atoms with Crippen LogP contribution < -0.4 is 5.11 Å². The van der Waals surface area contributed by atoms with Gasteiger partial charge in [0, 0.05) is 10.7 Å². The summed E-state index contributed by atoms with van der Waals surface area (Å²) in [4.78, 5) is 16.2. The summed E-state index contributed by atoms with van der Waals surface area (Å²) in [6, 6.07) is 13.0. The largest absolute Gasteiger partial charge is 0.549 e. The fraction of sp³-hybridized carbons (Fsp3) is 0.0588. The van der Waals surface area contributed by atoms with Crippen molar-refractivity contribution in [3.05, 3.63) is 63.1 Å². The summed E-state index contributed by atoms with van der Waals surface area (Å²) in [7, 11) is 0. The number of carbonyl (C=O) groups is 1. The van der Waals surface area contributed by atoms with Crippen molar-refractivity contribution in [2.24, 2.45) is 0 Å². The van der Waals surface area contributed by atoms with E-state index in [9.17, 15) is 9.90 Å². The number of carbonyl (C=O) groups excluding carboxylic acids is 1. The number of nitrogens with zero attached hydrogens (tertiary/aromatic N) is 1. The molecule has 1 aromatic heterocycles. The third-order valence-electron chi connectivity index (χ3n) is 3.09. The van der Waals surface area contributed by atoms with Crippen LogP contribution in [-0.4, -0.2) is 16.7 Å². The van der Waals surface area contributed by atoms with Gasteiger partial charge in [0.15, 0.2) is 0 Å². The van der Waals surface area contributed by atoms with E-state index in [4.69, 9.17) is 23.2 Å². The minimum atomic E-state index is -1.12. The zero-order valence-electron chi connectivity index (χ0n) is 12.2. The average Bonchev–Trinajstić information content (AvgIpc) is 2.98. The number of aliphatic carboxylic acids is 1. The van der Waals surface area contributed by atoms with Crippen molar-refractivity contribution in [1.29, 1.82) is 0 Å². The van der Waals surface area contributed by atoms with E-state index in [1.165, 1.54) is 23.1 Å². The smallest absolute Gasteiger partial charge is 0.131 e. The zero-order valence-corrected chi connectivity index (χ0v) is 15.3. The van der Waals surface area contributed by atoms with E-state index >= 15 is 0 Å². The summed E-state index contributed by atoms with van der Waals surface area (Å²) in [6.07, 6.45) is 1.85. The minimum absolute atomic E-state index is 0.150. The maximum atomic E-state index is 10.8. The highest BCUT2D eigenvalue weighted by Crippen LogP contribution is 2.35. The molecule has 0 aliphatic rings. The molecule has 2 aromatic carbocycles. The molecule has 0 radical (unpaired) electrons. The molecule has 7 heteroatoms. The second-order valence-corrected chi connectivity index (χ2v) is 7.69. The Morgan fingerprint density at radius 3 is 2.71 bits per heavy atom. The van der Waals surface area contributed by atoms with Crippen molar-refractivity contribution in [1.82, 2.24) is 4.98 Å². The number of hydrogen-bond donors (Lipinski definition) is 0. The van der Waals surface area contributed by atoms with Crippen molar-refractivity contribution in [3.8, 4) is 0 Å². The van der Waals surface area contributed by atoms with Gasteiger partial charge in [-0.3, -0.25) is 0 Å². The minimum Gasteiger partial charge on any atom is -0.549 e. The third-order valence-corrected chi connectivity index (χ3v) is 6.03. The fourth-order valence-electron chi connectivity index (χ4n) is 2.03. The maximum absolute atomic E-state index is 10.8. The van der Waals surface area contributed by atoms with Crippen LogP contribution in [0.2, 0.25) is 10.0 Å². The second-order valence-electron chi connectivity index (χ2n) is 4.83. The van der Waals surface area contributed by atoms with E-state index in [1.807, 2.05) is 36.4 Å². The lowest BCUT2D eigenvalue weighted by molar-refractivity contribution is -0.301. The van der Waals surface area contributed by atoms with Gasteiger partial charge in [0.25, 0.3) is 0 Å². The van der Waals surface area contributed by atoms with Crippen LogP contribution in [0.15, 0.2) is 42.5 Å². The van der Waals surface area contributed by atoms with Crippen molar-refractivity contribution in [3.63, 3.8) is 0 Å². The topological polar surface area (TPSA) is 53.0 Å². The molecule has 0 bridgehead atoms. The van der Waals surface area contributed by atoms with Gasteiger partial charge >= 0.3 is 0 Å². The SMILES string of the molecule is O=C([O-])CS/C(=C\c1ccc(Cl)c(Cl)c1)c1nc2ccccc2s1. The number of carboxylic acid groups (broad SMARTS) is 1. The molecule has 24 heavy (non-hydrogen) atoms. The number of rotatable bonds is 5. The molecule has 0 aliphatic carbocycles. The molecule has 0 N–H and O–H groups in total. The highest BCUT2D eigenvalue weighted by molar-refractivity contribution is 8.09. The summed E-state index contributed by atoms with van der Waals surface area (Å²) in [5.74, 6) is -1.27. The first-order chi connectivity index (χ1) is 11.5. The van der Waals surface area contributed by atoms with E-state index < -0.39 is 5.97 Å². The van der Waals surface area contributed by atoms with E-state index in [-0.39, 0.29) is 5.75 Å². The highest BCUT2D eigenvalue weighted by Gasteiger charge is 2.10. The molecule has 3 aromatic rings. The Labute approximate surface area is 156 Å². The van der Waals surface area contributed by atoms with E-state index in [0.29, 0.717) is 10.0 Å². The number of aromatic nitrogens is 1. The molecule has 0 unspecified atom stereocenters. The molecule has 0 amide bonds. The van der Waals surface area contributed by atoms with Gasteiger partial charge in [0.1, 0.15) is 5.01 Å². The quantitative estimate of drug-likeness (QED) is 0.635. The molecule has 3 nitrogen and oxygen atoms in total. The number of halogens is 2. The van der Waals surface area contributed by atoms with E-state index in [2.05, 4.69) is 4.98 Å². The first-order valence-corrected chi connectivity index (χ1v) is 9.44. The van der Waals surface area contributed by atoms with Crippen LogP contribution in [0.4, 0.5) is 0 Å². The number of carboxylic acids is 1. The second kappa shape index (κ2) is 7.57. The third kappa shape index (κ3) is 4.11. The number of para-hydroxylation sites is 1. The van der Waals surface area contributed by atoms with Crippen molar-refractivity contribution >= 4 is 73.5 Å². The Morgan fingerprint density at radius 1 is 1.21 bits per heavy atom. The molecule has 0 saturated carbocycles. The summed E-state index contributed by atoms with van der Waals surface area (Å²) >= 11 is 14.7. The fourth-order valence-corrected chi connectivity index (χ4v) is 4.18. The summed E-state index contributed by atoms with van der Waals surface area (Å²) in [5, 5.41) is 12.5.